The van der Waals surface area contributed by atoms with Crippen molar-refractivity contribution < 1.29 is 19.5 Å². The van der Waals surface area contributed by atoms with Crippen LogP contribution in [0.3, 0.4) is 0 Å². The van der Waals surface area contributed by atoms with Gasteiger partial charge in [0.2, 0.25) is 6.04 Å². The molecule has 0 aliphatic carbocycles. The molecule has 0 bridgehead atoms. The Hall–Kier alpha value is -2.66. The first-order chi connectivity index (χ1) is 17.7. The molecule has 4 rings (SSSR count). The van der Waals surface area contributed by atoms with Gasteiger partial charge in [-0.1, -0.05) is 11.8 Å². The lowest BCUT2D eigenvalue weighted by molar-refractivity contribution is -0.150. The summed E-state index contributed by atoms with van der Waals surface area (Å²) in [5, 5.41) is 16.3. The molecular formula is C21H23N7O5S4. The summed E-state index contributed by atoms with van der Waals surface area (Å²) in [6.07, 6.45) is 3.37. The van der Waals surface area contributed by atoms with E-state index in [1.807, 2.05) is 13.0 Å². The summed E-state index contributed by atoms with van der Waals surface area (Å²) >= 11 is 5.34. The largest absolute Gasteiger partial charge is 0.477 e. The van der Waals surface area contributed by atoms with E-state index < -0.39 is 35.2 Å². The molecule has 37 heavy (non-hydrogen) atoms. The molecule has 0 radical (unpaired) electrons. The maximum absolute atomic E-state index is 13.0. The van der Waals surface area contributed by atoms with Crippen molar-refractivity contribution in [2.75, 3.05) is 17.2 Å². The second-order valence-electron chi connectivity index (χ2n) is 8.17. The minimum Gasteiger partial charge on any atom is -0.477 e. The van der Waals surface area contributed by atoms with Gasteiger partial charge in [-0.25, -0.2) is 9.78 Å². The van der Waals surface area contributed by atoms with E-state index in [4.69, 9.17) is 11.5 Å². The number of aliphatic carboxylic acids is 1. The number of nitrogens with zero attached hydrogens (tertiary/aromatic N) is 4. The second kappa shape index (κ2) is 11.8. The molecule has 6 N–H and O–H groups in total. The fourth-order valence-corrected chi connectivity index (χ4v) is 7.85. The number of carboxylic acids is 1. The summed E-state index contributed by atoms with van der Waals surface area (Å²) in [4.78, 5) is 59.8. The molecule has 2 aliphatic heterocycles. The second-order valence-corrected chi connectivity index (χ2v) is 12.3. The van der Waals surface area contributed by atoms with Gasteiger partial charge in [-0.15, -0.1) is 28.0 Å². The van der Waals surface area contributed by atoms with E-state index in [0.29, 0.717) is 16.4 Å². The number of pyridine rings is 1. The number of nitroso groups, excluding NO2 is 1. The Labute approximate surface area is 228 Å². The Morgan fingerprint density at radius 3 is 2.86 bits per heavy atom. The number of carbonyl (C=O) groups is 3. The lowest BCUT2D eigenvalue weighted by Gasteiger charge is -2.49. The smallest absolute Gasteiger partial charge is 0.353 e. The van der Waals surface area contributed by atoms with Crippen LogP contribution in [0.4, 0.5) is 5.13 Å². The van der Waals surface area contributed by atoms with Gasteiger partial charge in [0.15, 0.2) is 5.13 Å². The molecule has 1 saturated heterocycles. The lowest BCUT2D eigenvalue weighted by Crippen LogP contribution is -2.70. The Balaban J connectivity index is 1.50. The first-order valence-corrected chi connectivity index (χ1v) is 14.8. The highest BCUT2D eigenvalue weighted by Crippen LogP contribution is 2.46. The Morgan fingerprint density at radius 2 is 2.22 bits per heavy atom. The van der Waals surface area contributed by atoms with E-state index in [-0.39, 0.29) is 22.6 Å². The lowest BCUT2D eigenvalue weighted by atomic mass is 10.0. The maximum atomic E-state index is 13.0. The number of rotatable bonds is 11. The minimum absolute atomic E-state index is 0.0499. The average molecular weight is 582 g/mol. The van der Waals surface area contributed by atoms with Gasteiger partial charge in [-0.2, -0.15) is 11.8 Å². The summed E-state index contributed by atoms with van der Waals surface area (Å²) in [7, 11) is 0. The molecule has 2 unspecified atom stereocenters. The molecule has 2 aliphatic rings. The minimum atomic E-state index is -1.46. The van der Waals surface area contributed by atoms with Crippen LogP contribution in [0.25, 0.3) is 0 Å². The third kappa shape index (κ3) is 5.93. The summed E-state index contributed by atoms with van der Waals surface area (Å²) < 4.78 is 0. The molecule has 2 aromatic rings. The molecule has 1 fully saturated rings. The number of fused-ring (bicyclic) bond motifs is 1. The number of aromatic nitrogens is 2. The van der Waals surface area contributed by atoms with E-state index in [1.165, 1.54) is 33.8 Å². The molecular weight excluding hydrogens is 559 g/mol. The van der Waals surface area contributed by atoms with Gasteiger partial charge in [-0.05, 0) is 23.7 Å². The fraction of sp³-hybridized carbons (Fsp3) is 0.381. The van der Waals surface area contributed by atoms with E-state index in [9.17, 15) is 24.4 Å². The first kappa shape index (κ1) is 27.4. The van der Waals surface area contributed by atoms with Gasteiger partial charge in [0.05, 0.1) is 5.69 Å². The molecule has 2 amide bonds. The van der Waals surface area contributed by atoms with Crippen LogP contribution in [0, 0.1) is 4.91 Å². The number of carboxylic acid groups (broad SMARTS) is 1. The third-order valence-electron chi connectivity index (χ3n) is 5.34. The Bertz CT molecular complexity index is 1250. The average Bonchev–Trinajstić information content (AvgIpc) is 3.29. The van der Waals surface area contributed by atoms with Crippen molar-refractivity contribution in [1.29, 1.82) is 0 Å². The quantitative estimate of drug-likeness (QED) is 0.223. The van der Waals surface area contributed by atoms with Crippen LogP contribution >= 0.6 is 46.6 Å². The molecule has 0 aromatic carbocycles. The van der Waals surface area contributed by atoms with Crippen LogP contribution in [-0.4, -0.2) is 66.7 Å². The molecule has 16 heteroatoms. The number of carbonyl (C=O) groups excluding carboxylic acids is 2. The summed E-state index contributed by atoms with van der Waals surface area (Å²) in [6, 6.07) is -0.595. The Morgan fingerprint density at radius 1 is 1.43 bits per heavy atom. The van der Waals surface area contributed by atoms with Gasteiger partial charge in [0.1, 0.15) is 17.1 Å². The highest BCUT2D eigenvalue weighted by Gasteiger charge is 2.54. The van der Waals surface area contributed by atoms with Crippen molar-refractivity contribution in [2.45, 2.75) is 41.1 Å². The van der Waals surface area contributed by atoms with Crippen LogP contribution in [0.2, 0.25) is 0 Å². The summed E-state index contributed by atoms with van der Waals surface area (Å²) in [5.41, 5.74) is 12.3. The van der Waals surface area contributed by atoms with Gasteiger partial charge < -0.3 is 21.9 Å². The van der Waals surface area contributed by atoms with Crippen molar-refractivity contribution in [1.82, 2.24) is 20.2 Å². The molecule has 2 aromatic heterocycles. The fourth-order valence-electron chi connectivity index (χ4n) is 3.67. The highest BCUT2D eigenvalue weighted by atomic mass is 32.2. The van der Waals surface area contributed by atoms with Crippen LogP contribution in [0.1, 0.15) is 24.2 Å². The van der Waals surface area contributed by atoms with Crippen molar-refractivity contribution >= 4 is 69.5 Å². The monoisotopic (exact) mass is 581 g/mol. The van der Waals surface area contributed by atoms with E-state index in [1.54, 1.807) is 24.2 Å². The predicted molar refractivity (Wildman–Crippen MR) is 145 cm³/mol. The normalized spacial score (nSPS) is 20.6. The van der Waals surface area contributed by atoms with E-state index in [0.717, 1.165) is 27.5 Å². The van der Waals surface area contributed by atoms with Crippen molar-refractivity contribution in [3.05, 3.63) is 50.6 Å². The topological polar surface area (TPSA) is 194 Å². The maximum Gasteiger partial charge on any atom is 0.353 e. The number of nitrogen functional groups attached to an aromatic ring is 1. The predicted octanol–water partition coefficient (Wildman–Crippen LogP) is 2.00. The van der Waals surface area contributed by atoms with Crippen LogP contribution in [-0.2, 0) is 20.1 Å². The summed E-state index contributed by atoms with van der Waals surface area (Å²) in [6.45, 7) is 1.93. The molecule has 0 spiro atoms. The number of hydrogen-bond acceptors (Lipinski definition) is 13. The zero-order chi connectivity index (χ0) is 26.7. The van der Waals surface area contributed by atoms with Gasteiger partial charge in [0, 0.05) is 50.9 Å². The standard InChI is InChI=1S/C21H23N7O5S4/c1-9(22)5-34-6-10-4-24-3-2-12(10)37-13-8-35-19-15(18(30)28(19)16(13)20(31)32)26-17(29)14(27-33)11-7-36-21(23)25-11/h2-4,7,9,14-15,19H,5-6,8,22H2,1H3,(H2,23,25)(H,26,29)(H,31,32)/t9?,14?,15-,19+/m1/s1. The van der Waals surface area contributed by atoms with Gasteiger partial charge in [-0.3, -0.25) is 19.5 Å². The van der Waals surface area contributed by atoms with Crippen molar-refractivity contribution in [2.24, 2.45) is 10.9 Å². The number of nitrogens with two attached hydrogens (primary N) is 2. The zero-order valence-corrected chi connectivity index (χ0v) is 22.7. The summed E-state index contributed by atoms with van der Waals surface area (Å²) in [5.74, 6) is -0.864. The van der Waals surface area contributed by atoms with Crippen molar-refractivity contribution in [3.63, 3.8) is 0 Å². The number of thioether (sulfide) groups is 3. The number of anilines is 1. The van der Waals surface area contributed by atoms with Gasteiger partial charge in [0.25, 0.3) is 11.8 Å². The van der Waals surface area contributed by atoms with Crippen LogP contribution in [0.5, 0.6) is 0 Å². The molecule has 4 heterocycles. The Kier molecular flexibility index (Phi) is 8.74. The molecule has 12 nitrogen and oxygen atoms in total. The van der Waals surface area contributed by atoms with E-state index in [2.05, 4.69) is 20.5 Å². The number of thiazole rings is 1. The van der Waals surface area contributed by atoms with E-state index >= 15 is 0 Å². The SMILES string of the molecule is CC(N)CSCc1cnccc1SC1=C(C(=O)O)N2C(=O)[C@@H](NC(=O)C(N=O)c3csc(N)n3)[C@@H]2SC1. The number of amides is 2. The van der Waals surface area contributed by atoms with Crippen molar-refractivity contribution in [3.8, 4) is 0 Å². The van der Waals surface area contributed by atoms with Crippen LogP contribution < -0.4 is 16.8 Å². The molecule has 196 valence electrons. The molecule has 0 saturated carbocycles. The first-order valence-electron chi connectivity index (χ1n) is 10.9. The number of hydrogen-bond donors (Lipinski definition) is 4. The third-order valence-corrected chi connectivity index (χ3v) is 9.97. The van der Waals surface area contributed by atoms with Gasteiger partial charge >= 0.3 is 5.97 Å². The zero-order valence-electron chi connectivity index (χ0n) is 19.4. The number of nitrogens with one attached hydrogen (secondary N) is 1. The molecule has 4 atom stereocenters. The highest BCUT2D eigenvalue weighted by molar-refractivity contribution is 8.06. The number of β-lactam (4-membered cyclic amide) rings is 1. The van der Waals surface area contributed by atoms with Crippen LogP contribution in [0.15, 0.2) is 44.5 Å².